The molecule has 0 atom stereocenters. The highest BCUT2D eigenvalue weighted by molar-refractivity contribution is 7.91. The minimum atomic E-state index is -2.65. The predicted molar refractivity (Wildman–Crippen MR) is 166 cm³/mol. The smallest absolute Gasteiger partial charge is 0.274 e. The molecule has 1 aromatic carbocycles. The number of hydrogen-bond donors (Lipinski definition) is 2. The number of rotatable bonds is 7. The van der Waals surface area contributed by atoms with Crippen molar-refractivity contribution in [2.24, 2.45) is 0 Å². The summed E-state index contributed by atoms with van der Waals surface area (Å²) < 4.78 is 30.5. The third kappa shape index (κ3) is 6.55. The number of fused-ring (bicyclic) bond motifs is 2. The first-order valence-electron chi connectivity index (χ1n) is 14.6. The van der Waals surface area contributed by atoms with Gasteiger partial charge in [-0.25, -0.2) is 13.4 Å². The fraction of sp³-hybridized carbons (Fsp3) is 0.355. The molecule has 7 rings (SSSR count). The summed E-state index contributed by atoms with van der Waals surface area (Å²) >= 11 is 0. The van der Waals surface area contributed by atoms with Crippen LogP contribution in [0, 0.1) is 6.92 Å². The van der Waals surface area contributed by atoms with Gasteiger partial charge in [-0.3, -0.25) is 18.9 Å². The third-order valence-electron chi connectivity index (χ3n) is 7.48. The van der Waals surface area contributed by atoms with Crippen molar-refractivity contribution in [1.82, 2.24) is 29.5 Å². The molecule has 2 aliphatic rings. The van der Waals surface area contributed by atoms with E-state index in [-0.39, 0.29) is 5.91 Å². The number of nitrogens with one attached hydrogen (secondary N) is 2. The monoisotopic (exact) mass is 601 g/mol. The number of benzene rings is 1. The molecule has 4 aromatic heterocycles. The Hall–Kier alpha value is -4.29. The first-order chi connectivity index (χ1) is 20.8. The minimum absolute atomic E-state index is 0.219. The molecular formula is C31H35N7O4S. The van der Waals surface area contributed by atoms with Gasteiger partial charge in [-0.05, 0) is 57.0 Å². The number of nitrogens with zero attached hydrogens (tertiary/aromatic N) is 5. The second kappa shape index (κ2) is 12.1. The van der Waals surface area contributed by atoms with Crippen molar-refractivity contribution in [2.45, 2.75) is 39.2 Å². The number of sulfone groups is 1. The fourth-order valence-corrected chi connectivity index (χ4v) is 6.34. The normalized spacial score (nSPS) is 16.0. The van der Waals surface area contributed by atoms with Gasteiger partial charge in [0.2, 0.25) is 0 Å². The van der Waals surface area contributed by atoms with Crippen LogP contribution in [0.25, 0.3) is 16.6 Å². The fourth-order valence-electron chi connectivity index (χ4n) is 5.22. The van der Waals surface area contributed by atoms with E-state index in [4.69, 9.17) is 9.84 Å². The van der Waals surface area contributed by atoms with Crippen molar-refractivity contribution in [2.75, 3.05) is 36.5 Å². The number of amides is 1. The maximum absolute atomic E-state index is 13.3. The molecule has 12 heteroatoms. The van der Waals surface area contributed by atoms with Crippen LogP contribution in [0.1, 0.15) is 53.3 Å². The van der Waals surface area contributed by atoms with Gasteiger partial charge < -0.3 is 15.4 Å². The van der Waals surface area contributed by atoms with E-state index in [0.29, 0.717) is 55.0 Å². The lowest BCUT2D eigenvalue weighted by molar-refractivity contribution is 0.102. The lowest BCUT2D eigenvalue weighted by atomic mass is 10.1. The van der Waals surface area contributed by atoms with Gasteiger partial charge in [0, 0.05) is 42.4 Å². The number of carbonyl (C=O) groups excluding carboxylic acids is 1. The van der Waals surface area contributed by atoms with Crippen LogP contribution in [0.2, 0.25) is 0 Å². The van der Waals surface area contributed by atoms with E-state index in [1.54, 1.807) is 10.6 Å². The van der Waals surface area contributed by atoms with Crippen molar-refractivity contribution in [3.05, 3.63) is 83.7 Å². The van der Waals surface area contributed by atoms with Gasteiger partial charge in [-0.1, -0.05) is 12.1 Å². The number of imidazole rings is 1. The Morgan fingerprint density at radius 3 is 2.60 bits per heavy atom. The molecule has 1 aliphatic carbocycles. The Balaban J connectivity index is 0.000000359. The lowest BCUT2D eigenvalue weighted by Gasteiger charge is -2.10. The Morgan fingerprint density at radius 1 is 1.12 bits per heavy atom. The maximum atomic E-state index is 13.3. The molecule has 0 spiro atoms. The number of hydrogen-bond acceptors (Lipinski definition) is 8. The number of aromatic nitrogens is 5. The van der Waals surface area contributed by atoms with Crippen molar-refractivity contribution in [3.8, 4) is 5.75 Å². The van der Waals surface area contributed by atoms with Crippen LogP contribution in [0.3, 0.4) is 0 Å². The van der Waals surface area contributed by atoms with Gasteiger partial charge in [0.15, 0.2) is 9.84 Å². The van der Waals surface area contributed by atoms with E-state index in [0.717, 1.165) is 52.3 Å². The molecule has 2 N–H and O–H groups in total. The molecule has 0 unspecified atom stereocenters. The topological polar surface area (TPSA) is 133 Å². The zero-order valence-corrected chi connectivity index (χ0v) is 25.1. The second-order valence-electron chi connectivity index (χ2n) is 10.8. The molecule has 0 bridgehead atoms. The molecule has 5 heterocycles. The van der Waals surface area contributed by atoms with Gasteiger partial charge in [0.05, 0.1) is 53.4 Å². The van der Waals surface area contributed by atoms with Crippen molar-refractivity contribution in [3.63, 3.8) is 0 Å². The molecule has 1 saturated carbocycles. The van der Waals surface area contributed by atoms with Crippen molar-refractivity contribution < 1.29 is 17.9 Å². The van der Waals surface area contributed by atoms with E-state index >= 15 is 0 Å². The molecular weight excluding hydrogens is 566 g/mol. The number of aryl methyl sites for hydroxylation is 1. The number of carbonyl (C=O) groups is 1. The largest absolute Gasteiger partial charge is 0.494 e. The highest BCUT2D eigenvalue weighted by atomic mass is 32.2. The maximum Gasteiger partial charge on any atom is 0.274 e. The first kappa shape index (κ1) is 28.8. The quantitative estimate of drug-likeness (QED) is 0.287. The average molecular weight is 602 g/mol. The summed E-state index contributed by atoms with van der Waals surface area (Å²) in [6.45, 7) is 6.34. The summed E-state index contributed by atoms with van der Waals surface area (Å²) in [6, 6.07) is 15.7. The van der Waals surface area contributed by atoms with E-state index < -0.39 is 9.84 Å². The Kier molecular flexibility index (Phi) is 8.13. The van der Waals surface area contributed by atoms with Crippen LogP contribution in [0.5, 0.6) is 5.75 Å². The summed E-state index contributed by atoms with van der Waals surface area (Å²) in [6.07, 6.45) is 5.64. The Labute approximate surface area is 250 Å². The highest BCUT2D eigenvalue weighted by Crippen LogP contribution is 2.44. The zero-order chi connectivity index (χ0) is 30.0. The molecule has 2 fully saturated rings. The standard InChI is InChI=1S/C27H26N6O2.C4H9NO2S/c1-3-35-20-12-13-32-23(15-28-24(32)14-20)27(34)30-21-8-5-9-22-25(21)26(18-10-11-18)31-33(22)16-19-7-4-6-17(2)29-19;6-8(7)3-1-5-2-4-8/h4-9,12-15,18H,3,10-11,16H2,1-2H3,(H,30,34);5H,1-4H2. The average Bonchev–Trinajstić information content (AvgIpc) is 3.64. The summed E-state index contributed by atoms with van der Waals surface area (Å²) in [5.74, 6) is 1.56. The van der Waals surface area contributed by atoms with Crippen LogP contribution in [-0.4, -0.2) is 69.7 Å². The first-order valence-corrected chi connectivity index (χ1v) is 16.4. The van der Waals surface area contributed by atoms with Crippen LogP contribution in [0.4, 0.5) is 5.69 Å². The van der Waals surface area contributed by atoms with Gasteiger partial charge in [0.1, 0.15) is 17.1 Å². The molecule has 5 aromatic rings. The second-order valence-corrected chi connectivity index (χ2v) is 13.1. The molecule has 1 amide bonds. The SMILES string of the molecule is CCOc1ccn2c(C(=O)Nc3cccc4c3c(C3CC3)nn4Cc3cccc(C)n3)cnc2c1.O=S1(=O)CCNCC1. The van der Waals surface area contributed by atoms with Crippen LogP contribution in [-0.2, 0) is 16.4 Å². The zero-order valence-electron chi connectivity index (χ0n) is 24.3. The number of ether oxygens (including phenoxy) is 1. The van der Waals surface area contributed by atoms with E-state index in [1.165, 1.54) is 0 Å². The summed E-state index contributed by atoms with van der Waals surface area (Å²) in [5.41, 5.74) is 5.87. The van der Waals surface area contributed by atoms with Crippen molar-refractivity contribution in [1.29, 1.82) is 0 Å². The summed E-state index contributed by atoms with van der Waals surface area (Å²) in [4.78, 5) is 22.4. The Bertz CT molecular complexity index is 1880. The van der Waals surface area contributed by atoms with Gasteiger partial charge in [-0.15, -0.1) is 0 Å². The van der Waals surface area contributed by atoms with Crippen LogP contribution < -0.4 is 15.4 Å². The molecule has 11 nitrogen and oxygen atoms in total. The van der Waals surface area contributed by atoms with Gasteiger partial charge in [0.25, 0.3) is 5.91 Å². The minimum Gasteiger partial charge on any atom is -0.494 e. The lowest BCUT2D eigenvalue weighted by Crippen LogP contribution is -2.35. The van der Waals surface area contributed by atoms with Gasteiger partial charge in [-0.2, -0.15) is 5.10 Å². The van der Waals surface area contributed by atoms with E-state index in [9.17, 15) is 13.2 Å². The molecule has 224 valence electrons. The van der Waals surface area contributed by atoms with E-state index in [2.05, 4.69) is 26.7 Å². The Morgan fingerprint density at radius 2 is 1.91 bits per heavy atom. The molecule has 1 saturated heterocycles. The predicted octanol–water partition coefficient (Wildman–Crippen LogP) is 3.97. The highest BCUT2D eigenvalue weighted by Gasteiger charge is 2.31. The molecule has 1 aliphatic heterocycles. The molecule has 0 radical (unpaired) electrons. The third-order valence-corrected chi connectivity index (χ3v) is 9.14. The summed E-state index contributed by atoms with van der Waals surface area (Å²) in [7, 11) is -2.65. The number of anilines is 1. The van der Waals surface area contributed by atoms with Crippen LogP contribution in [0.15, 0.2) is 60.9 Å². The van der Waals surface area contributed by atoms with Crippen molar-refractivity contribution >= 4 is 38.0 Å². The summed E-state index contributed by atoms with van der Waals surface area (Å²) in [5, 5.41) is 12.1. The van der Waals surface area contributed by atoms with Gasteiger partial charge >= 0.3 is 0 Å². The number of pyridine rings is 2. The molecule has 43 heavy (non-hydrogen) atoms. The van der Waals surface area contributed by atoms with Crippen LogP contribution >= 0.6 is 0 Å². The van der Waals surface area contributed by atoms with E-state index in [1.807, 2.05) is 67.2 Å².